The predicted molar refractivity (Wildman–Crippen MR) is 103 cm³/mol. The van der Waals surface area contributed by atoms with Gasteiger partial charge in [0, 0.05) is 11.7 Å². The van der Waals surface area contributed by atoms with Gasteiger partial charge in [-0.25, -0.2) is 4.79 Å². The summed E-state index contributed by atoms with van der Waals surface area (Å²) in [4.78, 5) is 11.9. The van der Waals surface area contributed by atoms with Gasteiger partial charge in [-0.05, 0) is 52.3 Å². The number of benzene rings is 1. The van der Waals surface area contributed by atoms with Crippen LogP contribution >= 0.6 is 0 Å². The van der Waals surface area contributed by atoms with Crippen molar-refractivity contribution >= 4 is 23.2 Å². The van der Waals surface area contributed by atoms with Crippen molar-refractivity contribution in [1.82, 2.24) is 0 Å². The van der Waals surface area contributed by atoms with Crippen molar-refractivity contribution in [3.05, 3.63) is 18.2 Å². The summed E-state index contributed by atoms with van der Waals surface area (Å²) in [6, 6.07) is 5.75. The Morgan fingerprint density at radius 3 is 2.58 bits per heavy atom. The van der Waals surface area contributed by atoms with E-state index in [0.29, 0.717) is 17.4 Å². The second-order valence-corrected chi connectivity index (χ2v) is 7.32. The van der Waals surface area contributed by atoms with E-state index in [0.717, 1.165) is 12.1 Å². The predicted octanol–water partition coefficient (Wildman–Crippen LogP) is 5.39. The Bertz CT molecular complexity index is 524. The Morgan fingerprint density at radius 2 is 1.96 bits per heavy atom. The van der Waals surface area contributed by atoms with Gasteiger partial charge in [0.2, 0.25) is 0 Å². The molecule has 1 aromatic rings. The van der Waals surface area contributed by atoms with Gasteiger partial charge in [-0.1, -0.05) is 32.6 Å². The molecule has 1 aromatic carbocycles. The average Bonchev–Trinajstić information content (AvgIpc) is 2.45. The number of nitrogens with one attached hydrogen (secondary N) is 2. The maximum Gasteiger partial charge on any atom is 0.412 e. The quantitative estimate of drug-likeness (QED) is 0.440. The van der Waals surface area contributed by atoms with Crippen LogP contribution in [0.3, 0.4) is 0 Å². The molecule has 5 nitrogen and oxygen atoms in total. The lowest BCUT2D eigenvalue weighted by Crippen LogP contribution is -2.27. The fourth-order valence-corrected chi connectivity index (χ4v) is 2.40. The number of unbranched alkanes of at least 4 members (excludes halogenated alkanes) is 3. The molecule has 0 radical (unpaired) electrons. The van der Waals surface area contributed by atoms with Crippen LogP contribution in [-0.4, -0.2) is 17.7 Å². The first-order valence-corrected chi connectivity index (χ1v) is 8.87. The molecule has 24 heavy (non-hydrogen) atoms. The lowest BCUT2D eigenvalue weighted by molar-refractivity contribution is 0.0636. The summed E-state index contributed by atoms with van der Waals surface area (Å²) in [5, 5.41) is 6.17. The summed E-state index contributed by atoms with van der Waals surface area (Å²) in [6.45, 7) is 9.87. The molecule has 136 valence electrons. The standard InChI is InChI=1S/C19H33N3O2/c1-6-7-8-9-10-14(2)21-17-13-15(11-12-16(17)20)22-18(23)24-19(3,4)5/h11-14,21H,6-10,20H2,1-5H3,(H,22,23). The molecule has 4 N–H and O–H groups in total. The highest BCUT2D eigenvalue weighted by Crippen LogP contribution is 2.25. The Balaban J connectivity index is 2.60. The number of hydrogen-bond donors (Lipinski definition) is 3. The summed E-state index contributed by atoms with van der Waals surface area (Å²) in [5.74, 6) is 0. The van der Waals surface area contributed by atoms with E-state index in [2.05, 4.69) is 24.5 Å². The van der Waals surface area contributed by atoms with Gasteiger partial charge in [-0.2, -0.15) is 0 Å². The van der Waals surface area contributed by atoms with Crippen LogP contribution in [0.1, 0.15) is 66.7 Å². The summed E-state index contributed by atoms with van der Waals surface area (Å²) in [5.41, 5.74) is 7.70. The zero-order valence-electron chi connectivity index (χ0n) is 15.7. The molecule has 0 bridgehead atoms. The van der Waals surface area contributed by atoms with Crippen molar-refractivity contribution in [1.29, 1.82) is 0 Å². The number of rotatable bonds is 8. The van der Waals surface area contributed by atoms with Gasteiger partial charge >= 0.3 is 6.09 Å². The van der Waals surface area contributed by atoms with Gasteiger partial charge in [-0.15, -0.1) is 0 Å². The van der Waals surface area contributed by atoms with Crippen LogP contribution < -0.4 is 16.4 Å². The summed E-state index contributed by atoms with van der Waals surface area (Å²) >= 11 is 0. The van der Waals surface area contributed by atoms with Crippen LogP contribution in [0.25, 0.3) is 0 Å². The molecule has 0 fully saturated rings. The highest BCUT2D eigenvalue weighted by atomic mass is 16.6. The lowest BCUT2D eigenvalue weighted by Gasteiger charge is -2.21. The second kappa shape index (κ2) is 9.40. The van der Waals surface area contributed by atoms with E-state index in [9.17, 15) is 4.79 Å². The topological polar surface area (TPSA) is 76.4 Å². The van der Waals surface area contributed by atoms with Crippen LogP contribution in [-0.2, 0) is 4.74 Å². The van der Waals surface area contributed by atoms with E-state index in [1.165, 1.54) is 25.7 Å². The maximum absolute atomic E-state index is 11.9. The van der Waals surface area contributed by atoms with Gasteiger partial charge in [0.25, 0.3) is 0 Å². The Hall–Kier alpha value is -1.91. The number of amides is 1. The number of carbonyl (C=O) groups is 1. The molecule has 5 heteroatoms. The summed E-state index contributed by atoms with van der Waals surface area (Å²) in [6.07, 6.45) is 5.63. The smallest absolute Gasteiger partial charge is 0.412 e. The molecular weight excluding hydrogens is 302 g/mol. The van der Waals surface area contributed by atoms with E-state index in [4.69, 9.17) is 10.5 Å². The number of nitrogen functional groups attached to an aromatic ring is 1. The molecule has 0 aliphatic heterocycles. The van der Waals surface area contributed by atoms with E-state index < -0.39 is 11.7 Å². The largest absolute Gasteiger partial charge is 0.444 e. The first-order chi connectivity index (χ1) is 11.2. The number of ether oxygens (including phenoxy) is 1. The molecule has 0 aromatic heterocycles. The second-order valence-electron chi connectivity index (χ2n) is 7.32. The van der Waals surface area contributed by atoms with Crippen molar-refractivity contribution < 1.29 is 9.53 Å². The Labute approximate surface area is 146 Å². The number of nitrogens with two attached hydrogens (primary N) is 1. The van der Waals surface area contributed by atoms with E-state index in [1.807, 2.05) is 26.8 Å². The fourth-order valence-electron chi connectivity index (χ4n) is 2.40. The molecule has 0 aliphatic rings. The van der Waals surface area contributed by atoms with E-state index >= 15 is 0 Å². The molecule has 0 spiro atoms. The first-order valence-electron chi connectivity index (χ1n) is 8.87. The molecule has 1 rings (SSSR count). The number of anilines is 3. The Morgan fingerprint density at radius 1 is 1.25 bits per heavy atom. The summed E-state index contributed by atoms with van der Waals surface area (Å²) in [7, 11) is 0. The highest BCUT2D eigenvalue weighted by Gasteiger charge is 2.16. The molecule has 0 heterocycles. The van der Waals surface area contributed by atoms with Crippen molar-refractivity contribution in [2.24, 2.45) is 0 Å². The molecule has 0 saturated carbocycles. The van der Waals surface area contributed by atoms with Gasteiger partial charge in [0.15, 0.2) is 0 Å². The number of hydrogen-bond acceptors (Lipinski definition) is 4. The minimum atomic E-state index is -0.522. The third-order valence-electron chi connectivity index (χ3n) is 3.59. The van der Waals surface area contributed by atoms with Crippen molar-refractivity contribution in [2.45, 2.75) is 78.4 Å². The molecule has 0 aliphatic carbocycles. The third kappa shape index (κ3) is 8.09. The minimum Gasteiger partial charge on any atom is -0.444 e. The van der Waals surface area contributed by atoms with Gasteiger partial charge in [0.1, 0.15) is 5.60 Å². The fraction of sp³-hybridized carbons (Fsp3) is 0.632. The van der Waals surface area contributed by atoms with Crippen LogP contribution in [0.15, 0.2) is 18.2 Å². The minimum absolute atomic E-state index is 0.334. The highest BCUT2D eigenvalue weighted by molar-refractivity contribution is 5.87. The summed E-state index contributed by atoms with van der Waals surface area (Å²) < 4.78 is 5.27. The van der Waals surface area contributed by atoms with E-state index in [1.54, 1.807) is 12.1 Å². The van der Waals surface area contributed by atoms with Crippen LogP contribution in [0, 0.1) is 0 Å². The van der Waals surface area contributed by atoms with Crippen LogP contribution in [0.5, 0.6) is 0 Å². The average molecular weight is 335 g/mol. The van der Waals surface area contributed by atoms with Crippen molar-refractivity contribution in [3.8, 4) is 0 Å². The Kier molecular flexibility index (Phi) is 7.89. The SMILES string of the molecule is CCCCCCC(C)Nc1cc(NC(=O)OC(C)(C)C)ccc1N. The monoisotopic (exact) mass is 335 g/mol. The molecule has 1 unspecified atom stereocenters. The van der Waals surface area contributed by atoms with E-state index in [-0.39, 0.29) is 0 Å². The van der Waals surface area contributed by atoms with Gasteiger partial charge < -0.3 is 15.8 Å². The molecule has 1 atom stereocenters. The normalized spacial score (nSPS) is 12.5. The van der Waals surface area contributed by atoms with Gasteiger partial charge in [-0.3, -0.25) is 5.32 Å². The zero-order chi connectivity index (χ0) is 18.2. The van der Waals surface area contributed by atoms with Gasteiger partial charge in [0.05, 0.1) is 11.4 Å². The molecule has 1 amide bonds. The number of carbonyl (C=O) groups excluding carboxylic acids is 1. The molecular formula is C19H33N3O2. The third-order valence-corrected chi connectivity index (χ3v) is 3.59. The van der Waals surface area contributed by atoms with Crippen molar-refractivity contribution in [3.63, 3.8) is 0 Å². The van der Waals surface area contributed by atoms with Crippen LogP contribution in [0.2, 0.25) is 0 Å². The molecule has 0 saturated heterocycles. The maximum atomic E-state index is 11.9. The van der Waals surface area contributed by atoms with Crippen molar-refractivity contribution in [2.75, 3.05) is 16.4 Å². The lowest BCUT2D eigenvalue weighted by atomic mass is 10.1. The van der Waals surface area contributed by atoms with Crippen LogP contribution in [0.4, 0.5) is 21.9 Å². The first kappa shape index (κ1) is 20.1. The zero-order valence-corrected chi connectivity index (χ0v) is 15.7.